The second-order valence-electron chi connectivity index (χ2n) is 6.37. The Morgan fingerprint density at radius 3 is 2.42 bits per heavy atom. The third kappa shape index (κ3) is 3.87. The number of hydrogen-bond donors (Lipinski definition) is 0. The number of hydrogen-bond acceptors (Lipinski definition) is 4. The van der Waals surface area contributed by atoms with Crippen molar-refractivity contribution in [2.24, 2.45) is 0 Å². The molecule has 0 saturated heterocycles. The molecule has 1 heterocycles. The Morgan fingerprint density at radius 1 is 1.00 bits per heavy atom. The maximum Gasteiger partial charge on any atom is 0.245 e. The van der Waals surface area contributed by atoms with Gasteiger partial charge in [0.15, 0.2) is 0 Å². The van der Waals surface area contributed by atoms with Crippen molar-refractivity contribution >= 4 is 46.6 Å². The number of benzene rings is 2. The Bertz CT molecular complexity index is 856. The first-order chi connectivity index (χ1) is 12.4. The normalized spacial score (nSPS) is 12.6. The summed E-state index contributed by atoms with van der Waals surface area (Å²) < 4.78 is 0. The van der Waals surface area contributed by atoms with Gasteiger partial charge in [-0.2, -0.15) is 0 Å². The molecule has 5 nitrogen and oxygen atoms in total. The number of amides is 2. The number of carbonyl (C=O) groups excluding carboxylic acids is 2. The minimum Gasteiger partial charge on any atom is -0.348 e. The van der Waals surface area contributed by atoms with Crippen molar-refractivity contribution in [2.45, 2.75) is 9.79 Å². The van der Waals surface area contributed by atoms with Crippen LogP contribution in [-0.2, 0) is 9.59 Å². The van der Waals surface area contributed by atoms with E-state index in [2.05, 4.69) is 0 Å². The van der Waals surface area contributed by atoms with Crippen LogP contribution in [0.4, 0.5) is 11.4 Å². The van der Waals surface area contributed by atoms with Crippen molar-refractivity contribution in [1.82, 2.24) is 9.80 Å². The Kier molecular flexibility index (Phi) is 5.55. The summed E-state index contributed by atoms with van der Waals surface area (Å²) in [5.74, 6) is -0.145. The zero-order chi connectivity index (χ0) is 18.8. The molecule has 2 aromatic carbocycles. The quantitative estimate of drug-likeness (QED) is 0.802. The smallest absolute Gasteiger partial charge is 0.245 e. The highest BCUT2D eigenvalue weighted by atomic mass is 35.5. The van der Waals surface area contributed by atoms with E-state index >= 15 is 0 Å². The van der Waals surface area contributed by atoms with Crippen LogP contribution in [0, 0.1) is 0 Å². The summed E-state index contributed by atoms with van der Waals surface area (Å²) >= 11 is 7.79. The third-order valence-electron chi connectivity index (χ3n) is 4.05. The van der Waals surface area contributed by atoms with Crippen molar-refractivity contribution in [3.05, 3.63) is 47.5 Å². The van der Waals surface area contributed by atoms with E-state index in [-0.39, 0.29) is 24.9 Å². The fourth-order valence-corrected chi connectivity index (χ4v) is 3.93. The fourth-order valence-electron chi connectivity index (χ4n) is 2.73. The zero-order valence-corrected chi connectivity index (χ0v) is 16.5. The predicted molar refractivity (Wildman–Crippen MR) is 105 cm³/mol. The average Bonchev–Trinajstić information content (AvgIpc) is 2.59. The summed E-state index contributed by atoms with van der Waals surface area (Å²) in [6.07, 6.45) is 0. The van der Waals surface area contributed by atoms with Crippen LogP contribution in [0.3, 0.4) is 0 Å². The highest BCUT2D eigenvalue weighted by Crippen LogP contribution is 2.48. The van der Waals surface area contributed by atoms with Crippen molar-refractivity contribution in [3.63, 3.8) is 0 Å². The van der Waals surface area contributed by atoms with Gasteiger partial charge in [-0.05, 0) is 37.4 Å². The maximum atomic E-state index is 13.1. The van der Waals surface area contributed by atoms with Gasteiger partial charge in [0.2, 0.25) is 11.8 Å². The van der Waals surface area contributed by atoms with Crippen molar-refractivity contribution < 1.29 is 9.59 Å². The number of likely N-dealkylation sites (N-methyl/N-ethyl adjacent to an activating group) is 2. The molecular weight excluding hydrogens is 370 g/mol. The van der Waals surface area contributed by atoms with E-state index in [9.17, 15) is 9.59 Å². The average molecular weight is 390 g/mol. The van der Waals surface area contributed by atoms with Gasteiger partial charge in [-0.1, -0.05) is 35.5 Å². The molecule has 0 fully saturated rings. The molecule has 0 atom stereocenters. The van der Waals surface area contributed by atoms with Gasteiger partial charge in [0.1, 0.15) is 0 Å². The molecule has 0 radical (unpaired) electrons. The van der Waals surface area contributed by atoms with Crippen molar-refractivity contribution in [1.29, 1.82) is 0 Å². The van der Waals surface area contributed by atoms with Crippen LogP contribution in [0.25, 0.3) is 0 Å². The van der Waals surface area contributed by atoms with E-state index in [0.717, 1.165) is 21.2 Å². The molecule has 0 spiro atoms. The van der Waals surface area contributed by atoms with Crippen LogP contribution in [0.1, 0.15) is 0 Å². The minimum atomic E-state index is -0.102. The number of halogens is 1. The number of carbonyl (C=O) groups is 2. The number of fused-ring (bicyclic) bond motifs is 2. The predicted octanol–water partition coefficient (Wildman–Crippen LogP) is 3.49. The van der Waals surface area contributed by atoms with Gasteiger partial charge in [-0.25, -0.2) is 0 Å². The topological polar surface area (TPSA) is 43.9 Å². The van der Waals surface area contributed by atoms with E-state index in [4.69, 9.17) is 11.6 Å². The Morgan fingerprint density at radius 2 is 1.69 bits per heavy atom. The molecular formula is C19H20ClN3O2S. The van der Waals surface area contributed by atoms with Gasteiger partial charge < -0.3 is 4.90 Å². The van der Waals surface area contributed by atoms with E-state index in [1.54, 1.807) is 42.7 Å². The molecule has 0 N–H and O–H groups in total. The van der Waals surface area contributed by atoms with Gasteiger partial charge in [-0.3, -0.25) is 19.4 Å². The summed E-state index contributed by atoms with van der Waals surface area (Å²) in [7, 11) is 5.17. The van der Waals surface area contributed by atoms with Crippen LogP contribution < -0.4 is 4.90 Å². The molecule has 0 aromatic heterocycles. The second-order valence-corrected chi connectivity index (χ2v) is 7.89. The standard InChI is InChI=1S/C19H20ClN3O2S/c1-21(2)18(24)11-22(3)12-19(25)23-14-6-4-5-7-16(14)26-17-9-8-13(20)10-15(17)23/h4-10H,11-12H2,1-3H3. The van der Waals surface area contributed by atoms with Gasteiger partial charge in [-0.15, -0.1) is 0 Å². The van der Waals surface area contributed by atoms with Crippen LogP contribution >= 0.6 is 23.4 Å². The fraction of sp³-hybridized carbons (Fsp3) is 0.263. The molecule has 0 unspecified atom stereocenters. The molecule has 2 aromatic rings. The number of rotatable bonds is 4. The first kappa shape index (κ1) is 18.8. The lowest BCUT2D eigenvalue weighted by Crippen LogP contribution is -2.41. The molecule has 26 heavy (non-hydrogen) atoms. The first-order valence-corrected chi connectivity index (χ1v) is 9.34. The second kappa shape index (κ2) is 7.70. The first-order valence-electron chi connectivity index (χ1n) is 8.15. The summed E-state index contributed by atoms with van der Waals surface area (Å²) in [5.41, 5.74) is 1.61. The van der Waals surface area contributed by atoms with E-state index < -0.39 is 0 Å². The maximum absolute atomic E-state index is 13.1. The van der Waals surface area contributed by atoms with Gasteiger partial charge in [0.25, 0.3) is 0 Å². The molecule has 1 aliphatic heterocycles. The molecule has 0 saturated carbocycles. The van der Waals surface area contributed by atoms with E-state index in [1.807, 2.05) is 42.5 Å². The van der Waals surface area contributed by atoms with E-state index in [1.165, 1.54) is 4.90 Å². The largest absolute Gasteiger partial charge is 0.348 e. The third-order valence-corrected chi connectivity index (χ3v) is 5.41. The lowest BCUT2D eigenvalue weighted by molar-refractivity contribution is -0.130. The minimum absolute atomic E-state index is 0.0432. The molecule has 3 rings (SSSR count). The summed E-state index contributed by atoms with van der Waals surface area (Å²) in [6.45, 7) is 0.315. The number of anilines is 2. The van der Waals surface area contributed by atoms with Crippen LogP contribution in [0.2, 0.25) is 5.02 Å². The molecule has 136 valence electrons. The Balaban J connectivity index is 1.90. The highest BCUT2D eigenvalue weighted by Gasteiger charge is 2.29. The molecule has 2 amide bonds. The van der Waals surface area contributed by atoms with Crippen LogP contribution in [-0.4, -0.2) is 55.8 Å². The lowest BCUT2D eigenvalue weighted by atomic mass is 10.2. The van der Waals surface area contributed by atoms with E-state index in [0.29, 0.717) is 5.02 Å². The van der Waals surface area contributed by atoms with Gasteiger partial charge in [0.05, 0.1) is 24.5 Å². The number of para-hydroxylation sites is 1. The number of nitrogens with zero attached hydrogens (tertiary/aromatic N) is 3. The molecule has 0 aliphatic carbocycles. The molecule has 7 heteroatoms. The van der Waals surface area contributed by atoms with Crippen molar-refractivity contribution in [3.8, 4) is 0 Å². The van der Waals surface area contributed by atoms with Gasteiger partial charge in [0, 0.05) is 28.9 Å². The highest BCUT2D eigenvalue weighted by molar-refractivity contribution is 7.99. The Labute approximate surface area is 162 Å². The summed E-state index contributed by atoms with van der Waals surface area (Å²) in [5, 5.41) is 0.581. The van der Waals surface area contributed by atoms with Crippen LogP contribution in [0.15, 0.2) is 52.3 Å². The summed E-state index contributed by atoms with van der Waals surface area (Å²) in [6, 6.07) is 13.4. The van der Waals surface area contributed by atoms with Crippen LogP contribution in [0.5, 0.6) is 0 Å². The molecule has 0 bridgehead atoms. The SMILES string of the molecule is CN(CC(=O)N(C)C)CC(=O)N1c2ccccc2Sc2ccc(Cl)cc21. The van der Waals surface area contributed by atoms with Crippen molar-refractivity contribution in [2.75, 3.05) is 39.1 Å². The summed E-state index contributed by atoms with van der Waals surface area (Å²) in [4.78, 5) is 31.9. The Hall–Kier alpha value is -2.02. The monoisotopic (exact) mass is 389 g/mol. The zero-order valence-electron chi connectivity index (χ0n) is 14.9. The van der Waals surface area contributed by atoms with Gasteiger partial charge >= 0.3 is 0 Å². The molecule has 1 aliphatic rings. The lowest BCUT2D eigenvalue weighted by Gasteiger charge is -2.32.